The molecule has 0 fully saturated rings. The zero-order valence-electron chi connectivity index (χ0n) is 15.3. The lowest BCUT2D eigenvalue weighted by Crippen LogP contribution is -2.34. The van der Waals surface area contributed by atoms with Crippen LogP contribution in [0.3, 0.4) is 0 Å². The van der Waals surface area contributed by atoms with E-state index in [1.807, 2.05) is 6.92 Å². The van der Waals surface area contributed by atoms with Crippen molar-refractivity contribution in [2.24, 2.45) is 0 Å². The molecule has 1 atom stereocenters. The van der Waals surface area contributed by atoms with Gasteiger partial charge in [0.25, 0.3) is 11.8 Å². The summed E-state index contributed by atoms with van der Waals surface area (Å²) in [4.78, 5) is 37.9. The van der Waals surface area contributed by atoms with Gasteiger partial charge in [0.2, 0.25) is 0 Å². The van der Waals surface area contributed by atoms with Crippen molar-refractivity contribution in [1.29, 1.82) is 0 Å². The first-order chi connectivity index (χ1) is 12.7. The number of amides is 2. The Morgan fingerprint density at radius 1 is 1.15 bits per heavy atom. The van der Waals surface area contributed by atoms with Crippen LogP contribution in [0.1, 0.15) is 44.8 Å². The van der Waals surface area contributed by atoms with E-state index in [4.69, 9.17) is 0 Å². The lowest BCUT2D eigenvalue weighted by atomic mass is 10.0. The third-order valence-electron chi connectivity index (χ3n) is 4.23. The average Bonchev–Trinajstić information content (AvgIpc) is 2.66. The monoisotopic (exact) mass is 372 g/mol. The van der Waals surface area contributed by atoms with Crippen molar-refractivity contribution in [2.45, 2.75) is 19.9 Å². The number of rotatable bonds is 6. The number of hydrogen-bond acceptors (Lipinski definition) is 3. The van der Waals surface area contributed by atoms with E-state index >= 15 is 0 Å². The molecule has 0 saturated heterocycles. The highest BCUT2D eigenvalue weighted by atomic mass is 19.1. The summed E-state index contributed by atoms with van der Waals surface area (Å²) in [6.45, 7) is 3.86. The summed E-state index contributed by atoms with van der Waals surface area (Å²) in [7, 11) is 1.65. The third kappa shape index (κ3) is 4.69. The lowest BCUT2D eigenvalue weighted by Gasteiger charge is -2.17. The number of benzene rings is 2. The molecule has 0 aliphatic carbocycles. The molecule has 142 valence electrons. The SMILES string of the molecule is CCN(C)C(=O)c1cccc(C(=O)NC(C(=O)O)c2ccc(F)c(C)c2)c1. The Labute approximate surface area is 156 Å². The second-order valence-electron chi connectivity index (χ2n) is 6.15. The highest BCUT2D eigenvalue weighted by molar-refractivity contribution is 6.00. The second kappa shape index (κ2) is 8.44. The van der Waals surface area contributed by atoms with Crippen molar-refractivity contribution >= 4 is 17.8 Å². The van der Waals surface area contributed by atoms with Crippen molar-refractivity contribution in [3.63, 3.8) is 0 Å². The second-order valence-corrected chi connectivity index (χ2v) is 6.15. The Morgan fingerprint density at radius 3 is 2.41 bits per heavy atom. The molecule has 0 heterocycles. The minimum absolute atomic E-state index is 0.162. The highest BCUT2D eigenvalue weighted by Gasteiger charge is 2.24. The molecule has 0 aliphatic heterocycles. The molecule has 0 radical (unpaired) electrons. The van der Waals surface area contributed by atoms with E-state index in [1.54, 1.807) is 19.2 Å². The number of aryl methyl sites for hydroxylation is 1. The number of hydrogen-bond donors (Lipinski definition) is 2. The Balaban J connectivity index is 2.27. The van der Waals surface area contributed by atoms with Gasteiger partial charge in [-0.2, -0.15) is 0 Å². The molecule has 27 heavy (non-hydrogen) atoms. The van der Waals surface area contributed by atoms with Gasteiger partial charge in [-0.25, -0.2) is 9.18 Å². The molecular weight excluding hydrogens is 351 g/mol. The predicted molar refractivity (Wildman–Crippen MR) is 98.1 cm³/mol. The Kier molecular flexibility index (Phi) is 6.28. The minimum Gasteiger partial charge on any atom is -0.479 e. The van der Waals surface area contributed by atoms with Crippen molar-refractivity contribution in [3.8, 4) is 0 Å². The van der Waals surface area contributed by atoms with Crippen LogP contribution in [0.5, 0.6) is 0 Å². The van der Waals surface area contributed by atoms with E-state index < -0.39 is 23.7 Å². The van der Waals surface area contributed by atoms with Crippen LogP contribution in [0, 0.1) is 12.7 Å². The number of carboxylic acid groups (broad SMARTS) is 1. The maximum atomic E-state index is 13.4. The predicted octanol–water partition coefficient (Wildman–Crippen LogP) is 2.78. The van der Waals surface area contributed by atoms with E-state index in [1.165, 1.54) is 36.1 Å². The normalized spacial score (nSPS) is 11.6. The summed E-state index contributed by atoms with van der Waals surface area (Å²) in [5.74, 6) is -2.61. The van der Waals surface area contributed by atoms with Crippen molar-refractivity contribution in [2.75, 3.05) is 13.6 Å². The summed E-state index contributed by atoms with van der Waals surface area (Å²) in [5.41, 5.74) is 1.03. The molecule has 6 nitrogen and oxygen atoms in total. The van der Waals surface area contributed by atoms with Gasteiger partial charge in [0.1, 0.15) is 5.82 Å². The van der Waals surface area contributed by atoms with E-state index in [0.717, 1.165) is 6.07 Å². The summed E-state index contributed by atoms with van der Waals surface area (Å²) < 4.78 is 13.4. The smallest absolute Gasteiger partial charge is 0.330 e. The summed E-state index contributed by atoms with van der Waals surface area (Å²) in [6, 6.07) is 8.57. The first-order valence-corrected chi connectivity index (χ1v) is 8.39. The van der Waals surface area contributed by atoms with Gasteiger partial charge in [-0.15, -0.1) is 0 Å². The van der Waals surface area contributed by atoms with E-state index in [2.05, 4.69) is 5.32 Å². The molecule has 0 aliphatic rings. The summed E-state index contributed by atoms with van der Waals surface area (Å²) >= 11 is 0. The van der Waals surface area contributed by atoms with Gasteiger partial charge in [-0.05, 0) is 49.2 Å². The molecule has 2 amide bonds. The van der Waals surface area contributed by atoms with Crippen molar-refractivity contribution < 1.29 is 23.9 Å². The number of nitrogens with zero attached hydrogens (tertiary/aromatic N) is 1. The fraction of sp³-hybridized carbons (Fsp3) is 0.250. The molecule has 0 spiro atoms. The Morgan fingerprint density at radius 2 is 1.81 bits per heavy atom. The zero-order chi connectivity index (χ0) is 20.1. The largest absolute Gasteiger partial charge is 0.479 e. The van der Waals surface area contributed by atoms with Crippen LogP contribution in [0.25, 0.3) is 0 Å². The molecular formula is C20H21FN2O4. The molecule has 0 saturated carbocycles. The van der Waals surface area contributed by atoms with Crippen LogP contribution >= 0.6 is 0 Å². The molecule has 2 rings (SSSR count). The third-order valence-corrected chi connectivity index (χ3v) is 4.23. The van der Waals surface area contributed by atoms with E-state index in [9.17, 15) is 23.9 Å². The van der Waals surface area contributed by atoms with Crippen LogP contribution in [0.15, 0.2) is 42.5 Å². The van der Waals surface area contributed by atoms with Gasteiger partial charge in [0.15, 0.2) is 6.04 Å². The lowest BCUT2D eigenvalue weighted by molar-refractivity contribution is -0.139. The summed E-state index contributed by atoms with van der Waals surface area (Å²) in [6.07, 6.45) is 0. The number of carbonyl (C=O) groups excluding carboxylic acids is 2. The van der Waals surface area contributed by atoms with Gasteiger partial charge in [-0.1, -0.05) is 18.2 Å². The van der Waals surface area contributed by atoms with Crippen molar-refractivity contribution in [3.05, 3.63) is 70.5 Å². The number of halogens is 1. The fourth-order valence-electron chi connectivity index (χ4n) is 2.51. The summed E-state index contributed by atoms with van der Waals surface area (Å²) in [5, 5.41) is 11.9. The van der Waals surface area contributed by atoms with E-state index in [0.29, 0.717) is 12.1 Å². The van der Waals surface area contributed by atoms with Crippen LogP contribution in [-0.2, 0) is 4.79 Å². The first-order valence-electron chi connectivity index (χ1n) is 8.39. The first kappa shape index (κ1) is 20.1. The molecule has 2 aromatic rings. The molecule has 0 aromatic heterocycles. The van der Waals surface area contributed by atoms with Gasteiger partial charge in [0.05, 0.1) is 0 Å². The van der Waals surface area contributed by atoms with Crippen LogP contribution in [-0.4, -0.2) is 41.4 Å². The quantitative estimate of drug-likeness (QED) is 0.816. The van der Waals surface area contributed by atoms with Gasteiger partial charge in [-0.3, -0.25) is 9.59 Å². The number of carbonyl (C=O) groups is 3. The van der Waals surface area contributed by atoms with Gasteiger partial charge < -0.3 is 15.3 Å². The Bertz CT molecular complexity index is 882. The highest BCUT2D eigenvalue weighted by Crippen LogP contribution is 2.18. The molecule has 2 aromatic carbocycles. The zero-order valence-corrected chi connectivity index (χ0v) is 15.3. The van der Waals surface area contributed by atoms with Crippen molar-refractivity contribution in [1.82, 2.24) is 10.2 Å². The van der Waals surface area contributed by atoms with Crippen LogP contribution < -0.4 is 5.32 Å². The number of aliphatic carboxylic acids is 1. The van der Waals surface area contributed by atoms with Gasteiger partial charge in [0, 0.05) is 24.7 Å². The molecule has 0 bridgehead atoms. The molecule has 2 N–H and O–H groups in total. The van der Waals surface area contributed by atoms with Crippen LogP contribution in [0.2, 0.25) is 0 Å². The Hall–Kier alpha value is -3.22. The van der Waals surface area contributed by atoms with E-state index in [-0.39, 0.29) is 22.6 Å². The topological polar surface area (TPSA) is 86.7 Å². The van der Waals surface area contributed by atoms with Gasteiger partial charge >= 0.3 is 5.97 Å². The fourth-order valence-corrected chi connectivity index (χ4v) is 2.51. The minimum atomic E-state index is -1.34. The average molecular weight is 372 g/mol. The molecule has 7 heteroatoms. The standard InChI is InChI=1S/C20H21FN2O4/c1-4-23(3)19(25)15-7-5-6-14(11-15)18(24)22-17(20(26)27)13-8-9-16(21)12(2)10-13/h5-11,17H,4H2,1-3H3,(H,22,24)(H,26,27). The maximum Gasteiger partial charge on any atom is 0.330 e. The number of carboxylic acids is 1. The van der Waals surface area contributed by atoms with Crippen LogP contribution in [0.4, 0.5) is 4.39 Å². The maximum absolute atomic E-state index is 13.4. The molecule has 1 unspecified atom stereocenters. The number of nitrogens with one attached hydrogen (secondary N) is 1.